The Morgan fingerprint density at radius 2 is 2.06 bits per heavy atom. The van der Waals surface area contributed by atoms with Crippen molar-refractivity contribution in [2.24, 2.45) is 0 Å². The zero-order chi connectivity index (χ0) is 13.8. The highest BCUT2D eigenvalue weighted by atomic mass is 35.5. The van der Waals surface area contributed by atoms with Gasteiger partial charge >= 0.3 is 0 Å². The summed E-state index contributed by atoms with van der Waals surface area (Å²) < 4.78 is 26.8. The van der Waals surface area contributed by atoms with Crippen molar-refractivity contribution in [2.45, 2.75) is 43.7 Å². The molecule has 1 aromatic heterocycles. The number of hydrogen-bond acceptors (Lipinski definition) is 3. The van der Waals surface area contributed by atoms with Crippen molar-refractivity contribution in [3.05, 3.63) is 16.5 Å². The molecule has 3 nitrogen and oxygen atoms in total. The fourth-order valence-electron chi connectivity index (χ4n) is 1.66. The lowest BCUT2D eigenvalue weighted by molar-refractivity contribution is 0.420. The molecule has 104 valence electrons. The van der Waals surface area contributed by atoms with Gasteiger partial charge in [0.25, 0.3) is 10.0 Å². The van der Waals surface area contributed by atoms with Crippen molar-refractivity contribution >= 4 is 33.0 Å². The zero-order valence-corrected chi connectivity index (χ0v) is 13.5. The Balaban J connectivity index is 3.02. The van der Waals surface area contributed by atoms with E-state index in [4.69, 9.17) is 11.6 Å². The third kappa shape index (κ3) is 3.47. The predicted octanol–water partition coefficient (Wildman–Crippen LogP) is 3.61. The summed E-state index contributed by atoms with van der Waals surface area (Å²) in [6.07, 6.45) is 1.88. The number of halogens is 1. The molecule has 0 aliphatic carbocycles. The van der Waals surface area contributed by atoms with Crippen LogP contribution in [0.2, 0.25) is 0 Å². The fourth-order valence-corrected chi connectivity index (χ4v) is 5.11. The van der Waals surface area contributed by atoms with Crippen molar-refractivity contribution in [1.29, 1.82) is 0 Å². The second-order valence-corrected chi connectivity index (χ2v) is 7.72. The van der Waals surface area contributed by atoms with Crippen LogP contribution >= 0.6 is 22.9 Å². The second kappa shape index (κ2) is 6.89. The Bertz CT molecular complexity index is 482. The van der Waals surface area contributed by atoms with Crippen LogP contribution in [0.25, 0.3) is 0 Å². The van der Waals surface area contributed by atoms with Crippen LogP contribution in [-0.4, -0.2) is 25.8 Å². The van der Waals surface area contributed by atoms with Crippen LogP contribution < -0.4 is 0 Å². The van der Waals surface area contributed by atoms with Crippen molar-refractivity contribution < 1.29 is 8.42 Å². The predicted molar refractivity (Wildman–Crippen MR) is 78.0 cm³/mol. The summed E-state index contributed by atoms with van der Waals surface area (Å²) in [6, 6.07) is 1.73. The molecule has 1 heterocycles. The number of alkyl halides is 1. The molecule has 18 heavy (non-hydrogen) atoms. The van der Waals surface area contributed by atoms with Crippen molar-refractivity contribution in [3.8, 4) is 0 Å². The molecule has 0 amide bonds. The zero-order valence-electron chi connectivity index (χ0n) is 11.1. The van der Waals surface area contributed by atoms with Crippen LogP contribution in [0, 0.1) is 6.92 Å². The largest absolute Gasteiger partial charge is 0.252 e. The first kappa shape index (κ1) is 16.0. The molecule has 0 saturated carbocycles. The Labute approximate surface area is 119 Å². The highest BCUT2D eigenvalue weighted by Crippen LogP contribution is 2.29. The molecule has 1 aromatic rings. The molecule has 0 saturated heterocycles. The third-order valence-electron chi connectivity index (χ3n) is 2.83. The van der Waals surface area contributed by atoms with E-state index in [1.165, 1.54) is 11.3 Å². The summed E-state index contributed by atoms with van der Waals surface area (Å²) in [6.45, 7) is 6.92. The van der Waals surface area contributed by atoms with Gasteiger partial charge in [-0.3, -0.25) is 0 Å². The smallest absolute Gasteiger partial charge is 0.206 e. The van der Waals surface area contributed by atoms with Crippen LogP contribution in [0.15, 0.2) is 10.3 Å². The molecule has 0 fully saturated rings. The number of rotatable bonds is 7. The maximum Gasteiger partial charge on any atom is 0.252 e. The highest BCUT2D eigenvalue weighted by molar-refractivity contribution is 7.91. The van der Waals surface area contributed by atoms with Crippen LogP contribution in [0.3, 0.4) is 0 Å². The summed E-state index contributed by atoms with van der Waals surface area (Å²) in [5, 5.41) is 0. The first-order chi connectivity index (χ1) is 8.47. The molecule has 0 aliphatic heterocycles. The van der Waals surface area contributed by atoms with Crippen LogP contribution in [0.5, 0.6) is 0 Å². The number of thiophene rings is 1. The minimum absolute atomic E-state index is 0.368. The van der Waals surface area contributed by atoms with E-state index in [2.05, 4.69) is 6.92 Å². The third-order valence-corrected chi connectivity index (χ3v) is 6.91. The number of unbranched alkanes of at least 4 members (excludes halogenated alkanes) is 1. The molecule has 0 spiro atoms. The molecule has 0 N–H and O–H groups in total. The molecular formula is C12H20ClNO2S2. The van der Waals surface area contributed by atoms with Gasteiger partial charge in [-0.05, 0) is 25.0 Å². The molecule has 0 radical (unpaired) electrons. The average Bonchev–Trinajstić information content (AvgIpc) is 2.72. The van der Waals surface area contributed by atoms with E-state index in [0.29, 0.717) is 23.2 Å². The molecule has 0 aromatic carbocycles. The Hall–Kier alpha value is -0.100. The maximum absolute atomic E-state index is 12.4. The van der Waals surface area contributed by atoms with Crippen LogP contribution in [-0.2, 0) is 15.9 Å². The molecule has 0 aliphatic rings. The van der Waals surface area contributed by atoms with Gasteiger partial charge in [0.1, 0.15) is 4.21 Å². The number of sulfonamides is 1. The monoisotopic (exact) mass is 309 g/mol. The highest BCUT2D eigenvalue weighted by Gasteiger charge is 2.25. The minimum atomic E-state index is -3.34. The molecular weight excluding hydrogens is 290 g/mol. The Morgan fingerprint density at radius 3 is 2.50 bits per heavy atom. The average molecular weight is 310 g/mol. The summed E-state index contributed by atoms with van der Waals surface area (Å²) in [5.41, 5.74) is 0.958. The summed E-state index contributed by atoms with van der Waals surface area (Å²) in [7, 11) is -3.34. The summed E-state index contributed by atoms with van der Waals surface area (Å²) in [4.78, 5) is 0.932. The van der Waals surface area contributed by atoms with E-state index in [0.717, 1.165) is 23.3 Å². The molecule has 0 bridgehead atoms. The van der Waals surface area contributed by atoms with Crippen molar-refractivity contribution in [3.63, 3.8) is 0 Å². The lowest BCUT2D eigenvalue weighted by Crippen LogP contribution is -2.31. The van der Waals surface area contributed by atoms with E-state index >= 15 is 0 Å². The second-order valence-electron chi connectivity index (χ2n) is 4.16. The topological polar surface area (TPSA) is 37.4 Å². The van der Waals surface area contributed by atoms with Gasteiger partial charge in [0, 0.05) is 18.0 Å². The van der Waals surface area contributed by atoms with Gasteiger partial charge in [-0.25, -0.2) is 8.42 Å². The van der Waals surface area contributed by atoms with E-state index < -0.39 is 10.0 Å². The molecule has 6 heteroatoms. The normalized spacial score (nSPS) is 12.3. The molecule has 1 rings (SSSR count). The standard InChI is InChI=1S/C12H20ClNO2S2/c1-4-6-7-14(5-2)18(15,16)12-8-10(3)11(9-13)17-12/h8H,4-7,9H2,1-3H3. The van der Waals surface area contributed by atoms with Gasteiger partial charge in [0.15, 0.2) is 0 Å². The van der Waals surface area contributed by atoms with Crippen LogP contribution in [0.1, 0.15) is 37.1 Å². The minimum Gasteiger partial charge on any atom is -0.206 e. The van der Waals surface area contributed by atoms with Crippen LogP contribution in [0.4, 0.5) is 0 Å². The van der Waals surface area contributed by atoms with Gasteiger partial charge in [-0.2, -0.15) is 4.31 Å². The molecule has 0 atom stereocenters. The summed E-state index contributed by atoms with van der Waals surface area (Å²) in [5.74, 6) is 0.368. The van der Waals surface area contributed by atoms with Gasteiger partial charge in [0.2, 0.25) is 0 Å². The SMILES string of the molecule is CCCCN(CC)S(=O)(=O)c1cc(C)c(CCl)s1. The van der Waals surface area contributed by atoms with Gasteiger partial charge in [0.05, 0.1) is 5.88 Å². The lowest BCUT2D eigenvalue weighted by atomic mass is 10.3. The Morgan fingerprint density at radius 1 is 1.39 bits per heavy atom. The molecule has 0 unspecified atom stereocenters. The lowest BCUT2D eigenvalue weighted by Gasteiger charge is -2.18. The van der Waals surface area contributed by atoms with E-state index in [1.54, 1.807) is 10.4 Å². The van der Waals surface area contributed by atoms with Crippen molar-refractivity contribution in [2.75, 3.05) is 13.1 Å². The first-order valence-electron chi connectivity index (χ1n) is 6.12. The van der Waals surface area contributed by atoms with E-state index in [1.807, 2.05) is 13.8 Å². The van der Waals surface area contributed by atoms with Gasteiger partial charge < -0.3 is 0 Å². The van der Waals surface area contributed by atoms with Crippen molar-refractivity contribution in [1.82, 2.24) is 4.31 Å². The van der Waals surface area contributed by atoms with Gasteiger partial charge in [-0.1, -0.05) is 20.3 Å². The number of nitrogens with zero attached hydrogens (tertiary/aromatic N) is 1. The quantitative estimate of drug-likeness (QED) is 0.722. The maximum atomic E-state index is 12.4. The Kier molecular flexibility index (Phi) is 6.11. The van der Waals surface area contributed by atoms with Gasteiger partial charge in [-0.15, -0.1) is 22.9 Å². The number of hydrogen-bond donors (Lipinski definition) is 0. The van der Waals surface area contributed by atoms with E-state index in [9.17, 15) is 8.42 Å². The summed E-state index contributed by atoms with van der Waals surface area (Å²) >= 11 is 7.08. The number of aryl methyl sites for hydroxylation is 1. The fraction of sp³-hybridized carbons (Fsp3) is 0.667. The van der Waals surface area contributed by atoms with E-state index in [-0.39, 0.29) is 0 Å². The first-order valence-corrected chi connectivity index (χ1v) is 8.91.